The van der Waals surface area contributed by atoms with Crippen LogP contribution in [0.1, 0.15) is 24.9 Å². The van der Waals surface area contributed by atoms with E-state index in [-0.39, 0.29) is 6.42 Å². The molecule has 3 N–H and O–H groups in total. The van der Waals surface area contributed by atoms with Crippen molar-refractivity contribution in [1.82, 2.24) is 9.78 Å². The molecule has 0 aliphatic heterocycles. The van der Waals surface area contributed by atoms with Gasteiger partial charge in [0.2, 0.25) is 0 Å². The van der Waals surface area contributed by atoms with E-state index >= 15 is 0 Å². The number of rotatable bonds is 4. The molecule has 0 bridgehead atoms. The molecular formula is C8H12ClN3O2. The number of aliphatic carboxylic acids is 1. The lowest BCUT2D eigenvalue weighted by molar-refractivity contribution is -0.137. The lowest BCUT2D eigenvalue weighted by Crippen LogP contribution is -2.15. The second-order valence-electron chi connectivity index (χ2n) is 2.91. The van der Waals surface area contributed by atoms with E-state index in [4.69, 9.17) is 22.4 Å². The van der Waals surface area contributed by atoms with Gasteiger partial charge in [-0.2, -0.15) is 5.10 Å². The Hall–Kier alpha value is -1.07. The number of aryl methyl sites for hydroxylation is 1. The summed E-state index contributed by atoms with van der Waals surface area (Å²) in [6.07, 6.45) is 1.37. The molecule has 0 saturated carbocycles. The van der Waals surface area contributed by atoms with Crippen LogP contribution in [-0.2, 0) is 11.3 Å². The minimum absolute atomic E-state index is 0.144. The Labute approximate surface area is 86.5 Å². The first-order valence-corrected chi connectivity index (χ1v) is 4.62. The average molecular weight is 218 g/mol. The van der Waals surface area contributed by atoms with E-state index in [0.29, 0.717) is 17.3 Å². The summed E-state index contributed by atoms with van der Waals surface area (Å²) in [6, 6.07) is -0.597. The van der Waals surface area contributed by atoms with Gasteiger partial charge in [-0.05, 0) is 6.92 Å². The summed E-state index contributed by atoms with van der Waals surface area (Å²) in [7, 11) is 0. The van der Waals surface area contributed by atoms with Crippen LogP contribution < -0.4 is 5.73 Å². The fraction of sp³-hybridized carbons (Fsp3) is 0.500. The van der Waals surface area contributed by atoms with Crippen LogP contribution in [0.25, 0.3) is 0 Å². The quantitative estimate of drug-likeness (QED) is 0.790. The molecule has 0 aliphatic rings. The van der Waals surface area contributed by atoms with Gasteiger partial charge in [0.25, 0.3) is 0 Å². The molecule has 0 aromatic carbocycles. The van der Waals surface area contributed by atoms with E-state index in [1.165, 1.54) is 6.20 Å². The first-order chi connectivity index (χ1) is 6.56. The minimum atomic E-state index is -0.946. The molecule has 1 atom stereocenters. The highest BCUT2D eigenvalue weighted by Crippen LogP contribution is 2.23. The summed E-state index contributed by atoms with van der Waals surface area (Å²) in [5.41, 5.74) is 6.23. The number of hydrogen-bond acceptors (Lipinski definition) is 3. The van der Waals surface area contributed by atoms with Gasteiger partial charge >= 0.3 is 5.97 Å². The highest BCUT2D eigenvalue weighted by Gasteiger charge is 2.17. The SMILES string of the molecule is CCn1ncc(C(N)CC(=O)O)c1Cl. The summed E-state index contributed by atoms with van der Waals surface area (Å²) in [6.45, 7) is 2.53. The predicted molar refractivity (Wildman–Crippen MR) is 52.1 cm³/mol. The summed E-state index contributed by atoms with van der Waals surface area (Å²) in [5.74, 6) is -0.946. The molecule has 0 aliphatic carbocycles. The zero-order valence-corrected chi connectivity index (χ0v) is 8.53. The van der Waals surface area contributed by atoms with Gasteiger partial charge in [-0.25, -0.2) is 0 Å². The number of nitrogens with two attached hydrogens (primary N) is 1. The molecule has 78 valence electrons. The second kappa shape index (κ2) is 4.43. The molecule has 14 heavy (non-hydrogen) atoms. The van der Waals surface area contributed by atoms with Crippen LogP contribution in [0.4, 0.5) is 0 Å². The van der Waals surface area contributed by atoms with Crippen LogP contribution in [0.15, 0.2) is 6.20 Å². The first kappa shape index (κ1) is 11.0. The van der Waals surface area contributed by atoms with Gasteiger partial charge in [0.05, 0.1) is 12.6 Å². The van der Waals surface area contributed by atoms with Crippen molar-refractivity contribution < 1.29 is 9.90 Å². The third-order valence-corrected chi connectivity index (χ3v) is 2.31. The Morgan fingerprint density at radius 3 is 2.93 bits per heavy atom. The largest absolute Gasteiger partial charge is 0.481 e. The molecular weight excluding hydrogens is 206 g/mol. The number of aromatic nitrogens is 2. The van der Waals surface area contributed by atoms with Crippen molar-refractivity contribution in [2.75, 3.05) is 0 Å². The topological polar surface area (TPSA) is 81.1 Å². The average Bonchev–Trinajstić information content (AvgIpc) is 2.45. The Morgan fingerprint density at radius 2 is 2.50 bits per heavy atom. The smallest absolute Gasteiger partial charge is 0.305 e. The van der Waals surface area contributed by atoms with E-state index in [9.17, 15) is 4.79 Å². The van der Waals surface area contributed by atoms with Gasteiger partial charge in [-0.15, -0.1) is 0 Å². The highest BCUT2D eigenvalue weighted by atomic mass is 35.5. The highest BCUT2D eigenvalue weighted by molar-refractivity contribution is 6.30. The van der Waals surface area contributed by atoms with E-state index < -0.39 is 12.0 Å². The Balaban J connectivity index is 2.84. The summed E-state index contributed by atoms with van der Waals surface area (Å²) >= 11 is 5.93. The molecule has 0 radical (unpaired) electrons. The molecule has 6 heteroatoms. The molecule has 1 aromatic heterocycles. The Bertz CT molecular complexity index is 337. The van der Waals surface area contributed by atoms with E-state index in [0.717, 1.165) is 0 Å². The van der Waals surface area contributed by atoms with Crippen LogP contribution in [0.3, 0.4) is 0 Å². The maximum Gasteiger partial charge on any atom is 0.305 e. The number of carboxylic acids is 1. The third-order valence-electron chi connectivity index (χ3n) is 1.89. The fourth-order valence-electron chi connectivity index (χ4n) is 1.15. The number of halogens is 1. The summed E-state index contributed by atoms with van der Waals surface area (Å²) < 4.78 is 1.57. The minimum Gasteiger partial charge on any atom is -0.481 e. The van der Waals surface area contributed by atoms with Crippen LogP contribution in [0.5, 0.6) is 0 Å². The van der Waals surface area contributed by atoms with Crippen molar-refractivity contribution in [2.24, 2.45) is 5.73 Å². The number of nitrogens with zero attached hydrogens (tertiary/aromatic N) is 2. The predicted octanol–water partition coefficient (Wildman–Crippen LogP) is 1.03. The van der Waals surface area contributed by atoms with Crippen LogP contribution in [-0.4, -0.2) is 20.9 Å². The fourth-order valence-corrected chi connectivity index (χ4v) is 1.50. The lowest BCUT2D eigenvalue weighted by atomic mass is 10.1. The molecule has 0 fully saturated rings. The monoisotopic (exact) mass is 217 g/mol. The van der Waals surface area contributed by atoms with E-state index in [2.05, 4.69) is 5.10 Å². The molecule has 0 amide bonds. The van der Waals surface area contributed by atoms with Gasteiger partial charge in [0.1, 0.15) is 5.15 Å². The molecule has 1 rings (SSSR count). The molecule has 5 nitrogen and oxygen atoms in total. The Morgan fingerprint density at radius 1 is 1.86 bits per heavy atom. The number of carbonyl (C=O) groups is 1. The van der Waals surface area contributed by atoms with Gasteiger partial charge in [-0.1, -0.05) is 11.6 Å². The zero-order chi connectivity index (χ0) is 10.7. The standard InChI is InChI=1S/C8H12ClN3O2/c1-2-12-8(9)5(4-11-12)6(10)3-7(13)14/h4,6H,2-3,10H2,1H3,(H,13,14). The molecule has 1 aromatic rings. The zero-order valence-electron chi connectivity index (χ0n) is 7.77. The van der Waals surface area contributed by atoms with Crippen molar-refractivity contribution in [3.05, 3.63) is 16.9 Å². The van der Waals surface area contributed by atoms with Gasteiger partial charge in [0, 0.05) is 18.2 Å². The normalized spacial score (nSPS) is 12.8. The van der Waals surface area contributed by atoms with Crippen molar-refractivity contribution >= 4 is 17.6 Å². The summed E-state index contributed by atoms with van der Waals surface area (Å²) in [4.78, 5) is 10.4. The second-order valence-corrected chi connectivity index (χ2v) is 3.27. The molecule has 1 heterocycles. The van der Waals surface area contributed by atoms with Gasteiger partial charge in [-0.3, -0.25) is 9.48 Å². The van der Waals surface area contributed by atoms with Crippen LogP contribution >= 0.6 is 11.6 Å². The third kappa shape index (κ3) is 2.24. The Kier molecular flexibility index (Phi) is 3.49. The molecule has 0 spiro atoms. The maximum atomic E-state index is 10.4. The summed E-state index contributed by atoms with van der Waals surface area (Å²) in [5, 5.41) is 12.9. The van der Waals surface area contributed by atoms with E-state index in [1.807, 2.05) is 6.92 Å². The van der Waals surface area contributed by atoms with Crippen molar-refractivity contribution in [1.29, 1.82) is 0 Å². The molecule has 0 saturated heterocycles. The van der Waals surface area contributed by atoms with Gasteiger partial charge < -0.3 is 10.8 Å². The van der Waals surface area contributed by atoms with Crippen molar-refractivity contribution in [2.45, 2.75) is 25.9 Å². The lowest BCUT2D eigenvalue weighted by Gasteiger charge is -2.06. The van der Waals surface area contributed by atoms with Gasteiger partial charge in [0.15, 0.2) is 0 Å². The first-order valence-electron chi connectivity index (χ1n) is 4.24. The number of carboxylic acid groups (broad SMARTS) is 1. The number of hydrogen-bond donors (Lipinski definition) is 2. The maximum absolute atomic E-state index is 10.4. The molecule has 1 unspecified atom stereocenters. The van der Waals surface area contributed by atoms with Crippen LogP contribution in [0, 0.1) is 0 Å². The van der Waals surface area contributed by atoms with Crippen molar-refractivity contribution in [3.8, 4) is 0 Å². The van der Waals surface area contributed by atoms with Crippen molar-refractivity contribution in [3.63, 3.8) is 0 Å². The van der Waals surface area contributed by atoms with E-state index in [1.54, 1.807) is 4.68 Å². The van der Waals surface area contributed by atoms with Crippen LogP contribution in [0.2, 0.25) is 5.15 Å².